The molecule has 1 N–H and O–H groups in total. The van der Waals surface area contributed by atoms with E-state index in [0.717, 1.165) is 23.0 Å². The first kappa shape index (κ1) is 11.1. The Morgan fingerprint density at radius 1 is 1.25 bits per heavy atom. The van der Waals surface area contributed by atoms with Crippen LogP contribution in [0.2, 0.25) is 5.15 Å². The molecule has 0 radical (unpaired) electrons. The molecular formula is C12H14ClN3. The Labute approximate surface area is 99.8 Å². The van der Waals surface area contributed by atoms with Gasteiger partial charge in [-0.2, -0.15) is 0 Å². The molecule has 0 spiro atoms. The highest BCUT2D eigenvalue weighted by Gasteiger charge is 2.08. The van der Waals surface area contributed by atoms with E-state index in [0.29, 0.717) is 11.2 Å². The van der Waals surface area contributed by atoms with Gasteiger partial charge in [-0.25, -0.2) is 0 Å². The van der Waals surface area contributed by atoms with Crippen molar-refractivity contribution < 1.29 is 0 Å². The zero-order valence-corrected chi connectivity index (χ0v) is 10.1. The van der Waals surface area contributed by atoms with Gasteiger partial charge in [-0.3, -0.25) is 0 Å². The highest BCUT2D eigenvalue weighted by atomic mass is 35.5. The zero-order valence-electron chi connectivity index (χ0n) is 9.37. The molecule has 0 aliphatic heterocycles. The van der Waals surface area contributed by atoms with Crippen LogP contribution in [0.25, 0.3) is 10.8 Å². The molecule has 1 atom stereocenters. The van der Waals surface area contributed by atoms with Crippen molar-refractivity contribution in [1.29, 1.82) is 0 Å². The number of halogens is 1. The lowest BCUT2D eigenvalue weighted by molar-refractivity contribution is 0.757. The summed E-state index contributed by atoms with van der Waals surface area (Å²) in [6.07, 6.45) is 1.04. The van der Waals surface area contributed by atoms with E-state index in [1.54, 1.807) is 0 Å². The smallest absolute Gasteiger partial charge is 0.159 e. The van der Waals surface area contributed by atoms with Gasteiger partial charge in [0.05, 0.1) is 0 Å². The number of nitrogens with one attached hydrogen (secondary N) is 1. The molecule has 0 aliphatic carbocycles. The predicted molar refractivity (Wildman–Crippen MR) is 67.9 cm³/mol. The molecule has 16 heavy (non-hydrogen) atoms. The Balaban J connectivity index is 2.50. The summed E-state index contributed by atoms with van der Waals surface area (Å²) >= 11 is 6.00. The lowest BCUT2D eigenvalue weighted by Crippen LogP contribution is -2.15. The molecule has 0 fully saturated rings. The largest absolute Gasteiger partial charge is 0.366 e. The fraction of sp³-hybridized carbons (Fsp3) is 0.333. The van der Waals surface area contributed by atoms with Gasteiger partial charge >= 0.3 is 0 Å². The van der Waals surface area contributed by atoms with E-state index >= 15 is 0 Å². The number of aromatic nitrogens is 2. The standard InChI is InChI=1S/C12H14ClN3/c1-3-8(2)14-12-10-7-5-4-6-9(10)11(13)15-16-12/h4-8H,3H2,1-2H3,(H,14,16). The molecule has 1 aromatic carbocycles. The van der Waals surface area contributed by atoms with Crippen LogP contribution in [0.15, 0.2) is 24.3 Å². The number of hydrogen-bond donors (Lipinski definition) is 1. The lowest BCUT2D eigenvalue weighted by Gasteiger charge is -2.13. The molecule has 0 aliphatic rings. The number of rotatable bonds is 3. The van der Waals surface area contributed by atoms with E-state index < -0.39 is 0 Å². The van der Waals surface area contributed by atoms with Crippen LogP contribution in [0, 0.1) is 0 Å². The van der Waals surface area contributed by atoms with Gasteiger partial charge in [0.1, 0.15) is 0 Å². The Bertz CT molecular complexity index is 499. The van der Waals surface area contributed by atoms with Crippen LogP contribution < -0.4 is 5.32 Å². The van der Waals surface area contributed by atoms with Gasteiger partial charge in [-0.05, 0) is 13.3 Å². The maximum Gasteiger partial charge on any atom is 0.159 e. The number of benzene rings is 1. The summed E-state index contributed by atoms with van der Waals surface area (Å²) in [6.45, 7) is 4.24. The van der Waals surface area contributed by atoms with Crippen LogP contribution in [0.4, 0.5) is 5.82 Å². The molecule has 0 saturated heterocycles. The lowest BCUT2D eigenvalue weighted by atomic mass is 10.2. The van der Waals surface area contributed by atoms with E-state index in [1.165, 1.54) is 0 Å². The van der Waals surface area contributed by atoms with Crippen molar-refractivity contribution in [3.8, 4) is 0 Å². The van der Waals surface area contributed by atoms with Gasteiger partial charge in [-0.15, -0.1) is 10.2 Å². The molecule has 1 unspecified atom stereocenters. The van der Waals surface area contributed by atoms with E-state index in [1.807, 2.05) is 24.3 Å². The van der Waals surface area contributed by atoms with Crippen LogP contribution in [-0.4, -0.2) is 16.2 Å². The molecule has 2 rings (SSSR count). The van der Waals surface area contributed by atoms with Crippen molar-refractivity contribution in [2.24, 2.45) is 0 Å². The molecule has 1 heterocycles. The zero-order chi connectivity index (χ0) is 11.5. The van der Waals surface area contributed by atoms with Crippen molar-refractivity contribution in [2.45, 2.75) is 26.3 Å². The number of anilines is 1. The normalized spacial score (nSPS) is 12.7. The Morgan fingerprint density at radius 3 is 2.62 bits per heavy atom. The average Bonchev–Trinajstić information content (AvgIpc) is 2.33. The Kier molecular flexibility index (Phi) is 3.25. The SMILES string of the molecule is CCC(C)Nc1nnc(Cl)c2ccccc12. The third-order valence-corrected chi connectivity index (χ3v) is 2.92. The van der Waals surface area contributed by atoms with E-state index in [9.17, 15) is 0 Å². The van der Waals surface area contributed by atoms with Crippen LogP contribution in [0.3, 0.4) is 0 Å². The van der Waals surface area contributed by atoms with E-state index in [-0.39, 0.29) is 0 Å². The molecule has 0 amide bonds. The molecule has 4 heteroatoms. The van der Waals surface area contributed by atoms with Crippen molar-refractivity contribution in [1.82, 2.24) is 10.2 Å². The number of hydrogen-bond acceptors (Lipinski definition) is 3. The third kappa shape index (κ3) is 2.09. The first-order valence-electron chi connectivity index (χ1n) is 5.39. The summed E-state index contributed by atoms with van der Waals surface area (Å²) in [5, 5.41) is 13.8. The summed E-state index contributed by atoms with van der Waals surface area (Å²) in [6, 6.07) is 8.25. The molecule has 84 valence electrons. The second kappa shape index (κ2) is 4.66. The summed E-state index contributed by atoms with van der Waals surface area (Å²) < 4.78 is 0. The summed E-state index contributed by atoms with van der Waals surface area (Å²) in [4.78, 5) is 0. The quantitative estimate of drug-likeness (QED) is 0.885. The van der Waals surface area contributed by atoms with Crippen molar-refractivity contribution in [3.05, 3.63) is 29.4 Å². The van der Waals surface area contributed by atoms with Gasteiger partial charge in [-0.1, -0.05) is 42.8 Å². The molecule has 0 bridgehead atoms. The minimum Gasteiger partial charge on any atom is -0.366 e. The molecule has 3 nitrogen and oxygen atoms in total. The van der Waals surface area contributed by atoms with Gasteiger partial charge in [0.2, 0.25) is 0 Å². The summed E-state index contributed by atoms with van der Waals surface area (Å²) in [5.74, 6) is 0.800. The minimum atomic E-state index is 0.374. The first-order chi connectivity index (χ1) is 7.72. The molecule has 0 saturated carbocycles. The number of nitrogens with zero attached hydrogens (tertiary/aromatic N) is 2. The van der Waals surface area contributed by atoms with Gasteiger partial charge in [0, 0.05) is 16.8 Å². The predicted octanol–water partition coefficient (Wildman–Crippen LogP) is 3.49. The van der Waals surface area contributed by atoms with E-state index in [2.05, 4.69) is 29.4 Å². The van der Waals surface area contributed by atoms with Crippen LogP contribution in [-0.2, 0) is 0 Å². The maximum atomic E-state index is 6.00. The second-order valence-electron chi connectivity index (χ2n) is 3.84. The van der Waals surface area contributed by atoms with Crippen LogP contribution in [0.5, 0.6) is 0 Å². The molecule has 1 aromatic heterocycles. The van der Waals surface area contributed by atoms with Gasteiger partial charge in [0.25, 0.3) is 0 Å². The monoisotopic (exact) mass is 235 g/mol. The van der Waals surface area contributed by atoms with Crippen LogP contribution >= 0.6 is 11.6 Å². The number of fused-ring (bicyclic) bond motifs is 1. The Morgan fingerprint density at radius 2 is 1.94 bits per heavy atom. The molecule has 2 aromatic rings. The Hall–Kier alpha value is -1.35. The summed E-state index contributed by atoms with van der Waals surface area (Å²) in [7, 11) is 0. The first-order valence-corrected chi connectivity index (χ1v) is 5.77. The van der Waals surface area contributed by atoms with Crippen molar-refractivity contribution in [2.75, 3.05) is 5.32 Å². The fourth-order valence-corrected chi connectivity index (χ4v) is 1.72. The summed E-state index contributed by atoms with van der Waals surface area (Å²) in [5.41, 5.74) is 0. The molecular weight excluding hydrogens is 222 g/mol. The minimum absolute atomic E-state index is 0.374. The second-order valence-corrected chi connectivity index (χ2v) is 4.20. The maximum absolute atomic E-state index is 6.00. The van der Waals surface area contributed by atoms with Gasteiger partial charge in [0.15, 0.2) is 11.0 Å². The van der Waals surface area contributed by atoms with Gasteiger partial charge < -0.3 is 5.32 Å². The fourth-order valence-electron chi connectivity index (χ4n) is 1.51. The third-order valence-electron chi connectivity index (χ3n) is 2.64. The van der Waals surface area contributed by atoms with Crippen LogP contribution in [0.1, 0.15) is 20.3 Å². The average molecular weight is 236 g/mol. The highest BCUT2D eigenvalue weighted by Crippen LogP contribution is 2.25. The van der Waals surface area contributed by atoms with E-state index in [4.69, 9.17) is 11.6 Å². The topological polar surface area (TPSA) is 37.8 Å². The van der Waals surface area contributed by atoms with Crippen molar-refractivity contribution in [3.63, 3.8) is 0 Å². The van der Waals surface area contributed by atoms with Crippen molar-refractivity contribution >= 4 is 28.2 Å². The highest BCUT2D eigenvalue weighted by molar-refractivity contribution is 6.34.